The lowest BCUT2D eigenvalue weighted by molar-refractivity contribution is -0.142. The molecule has 0 bridgehead atoms. The molecule has 0 saturated carbocycles. The van der Waals surface area contributed by atoms with Crippen LogP contribution in [-0.4, -0.2) is 36.4 Å². The highest BCUT2D eigenvalue weighted by molar-refractivity contribution is 7.88. The molecule has 122 valence electrons. The van der Waals surface area contributed by atoms with E-state index in [9.17, 15) is 26.4 Å². The van der Waals surface area contributed by atoms with E-state index in [0.717, 1.165) is 4.31 Å². The van der Waals surface area contributed by atoms with Crippen LogP contribution in [0.3, 0.4) is 0 Å². The first-order valence-electron chi connectivity index (χ1n) is 6.58. The molecule has 1 aliphatic rings. The summed E-state index contributed by atoms with van der Waals surface area (Å²) in [4.78, 5) is 11.1. The van der Waals surface area contributed by atoms with Crippen LogP contribution in [0.1, 0.15) is 24.8 Å². The molecule has 1 aliphatic heterocycles. The molecule has 0 unspecified atom stereocenters. The van der Waals surface area contributed by atoms with Crippen LogP contribution in [-0.2, 0) is 20.6 Å². The highest BCUT2D eigenvalue weighted by Crippen LogP contribution is 2.25. The van der Waals surface area contributed by atoms with Gasteiger partial charge in [0.2, 0.25) is 10.0 Å². The van der Waals surface area contributed by atoms with Gasteiger partial charge in [-0.1, -0.05) is 0 Å². The Bertz CT molecular complexity index is 670. The van der Waals surface area contributed by atoms with Crippen molar-refractivity contribution >= 4 is 16.0 Å². The second-order valence-corrected chi connectivity index (χ2v) is 6.99. The van der Waals surface area contributed by atoms with Crippen molar-refractivity contribution in [3.8, 4) is 0 Å². The molecule has 0 aliphatic carbocycles. The molecule has 1 fully saturated rings. The molecule has 0 radical (unpaired) electrons. The first-order chi connectivity index (χ1) is 10.2. The summed E-state index contributed by atoms with van der Waals surface area (Å²) in [5, 5.41) is 9.08. The molecule has 0 amide bonds. The number of hydrogen-bond donors (Lipinski definition) is 1. The van der Waals surface area contributed by atoms with Crippen molar-refractivity contribution in [3.63, 3.8) is 0 Å². The molecule has 1 atom stereocenters. The maximum atomic E-state index is 13.6. The standard InChI is InChI=1S/C13H14F3NO4S/c14-8-5-10(15)9(11(16)6-8)7-22(20,21)17-4-2-1-3-12(17)13(18)19/h5-6,12H,1-4,7H2,(H,18,19)/t12-/m0/s1. The highest BCUT2D eigenvalue weighted by Gasteiger charge is 2.37. The van der Waals surface area contributed by atoms with Crippen LogP contribution in [0.5, 0.6) is 0 Å². The molecule has 1 N–H and O–H groups in total. The van der Waals surface area contributed by atoms with Crippen LogP contribution in [0.4, 0.5) is 13.2 Å². The van der Waals surface area contributed by atoms with E-state index in [1.165, 1.54) is 0 Å². The largest absolute Gasteiger partial charge is 0.480 e. The number of carbonyl (C=O) groups is 1. The molecule has 1 aromatic carbocycles. The lowest BCUT2D eigenvalue weighted by Gasteiger charge is -2.31. The smallest absolute Gasteiger partial charge is 0.322 e. The van der Waals surface area contributed by atoms with Crippen LogP contribution in [0.2, 0.25) is 0 Å². The number of carboxylic acid groups (broad SMARTS) is 1. The van der Waals surface area contributed by atoms with Crippen molar-refractivity contribution in [2.24, 2.45) is 0 Å². The minimum absolute atomic E-state index is 0.0241. The maximum Gasteiger partial charge on any atom is 0.322 e. The van der Waals surface area contributed by atoms with Crippen molar-refractivity contribution in [2.45, 2.75) is 31.1 Å². The summed E-state index contributed by atoms with van der Waals surface area (Å²) in [5.74, 6) is -6.13. The molecular weight excluding hydrogens is 323 g/mol. The molecule has 1 heterocycles. The third kappa shape index (κ3) is 3.41. The predicted molar refractivity (Wildman–Crippen MR) is 70.9 cm³/mol. The van der Waals surface area contributed by atoms with E-state index in [-0.39, 0.29) is 13.0 Å². The van der Waals surface area contributed by atoms with Gasteiger partial charge in [-0.25, -0.2) is 21.6 Å². The third-order valence-corrected chi connectivity index (χ3v) is 5.33. The molecule has 1 saturated heterocycles. The van der Waals surface area contributed by atoms with Crippen molar-refractivity contribution in [3.05, 3.63) is 35.1 Å². The van der Waals surface area contributed by atoms with Gasteiger partial charge >= 0.3 is 5.97 Å². The Hall–Kier alpha value is -1.61. The number of benzene rings is 1. The topological polar surface area (TPSA) is 74.7 Å². The number of nitrogens with zero attached hydrogens (tertiary/aromatic N) is 1. The zero-order chi connectivity index (χ0) is 16.5. The Morgan fingerprint density at radius 2 is 1.82 bits per heavy atom. The number of piperidine rings is 1. The van der Waals surface area contributed by atoms with E-state index in [2.05, 4.69) is 0 Å². The van der Waals surface area contributed by atoms with E-state index in [4.69, 9.17) is 5.11 Å². The molecule has 0 aromatic heterocycles. The summed E-state index contributed by atoms with van der Waals surface area (Å²) in [6, 6.07) is -0.470. The second kappa shape index (κ2) is 6.25. The third-order valence-electron chi connectivity index (χ3n) is 3.53. The molecule has 5 nitrogen and oxygen atoms in total. The minimum atomic E-state index is -4.24. The average molecular weight is 337 g/mol. The van der Waals surface area contributed by atoms with Gasteiger partial charge in [-0.05, 0) is 19.3 Å². The van der Waals surface area contributed by atoms with Gasteiger partial charge in [0.15, 0.2) is 0 Å². The molecule has 0 spiro atoms. The van der Waals surface area contributed by atoms with Gasteiger partial charge in [0.05, 0.1) is 5.75 Å². The van der Waals surface area contributed by atoms with E-state index in [0.29, 0.717) is 25.0 Å². The summed E-state index contributed by atoms with van der Waals surface area (Å²) >= 11 is 0. The van der Waals surface area contributed by atoms with Gasteiger partial charge in [0.25, 0.3) is 0 Å². The quantitative estimate of drug-likeness (QED) is 0.910. The van der Waals surface area contributed by atoms with Gasteiger partial charge in [0, 0.05) is 24.2 Å². The van der Waals surface area contributed by atoms with Crippen LogP contribution < -0.4 is 0 Å². The number of halogens is 3. The zero-order valence-electron chi connectivity index (χ0n) is 11.4. The highest BCUT2D eigenvalue weighted by atomic mass is 32.2. The first kappa shape index (κ1) is 16.8. The molecule has 1 aromatic rings. The Balaban J connectivity index is 2.33. The van der Waals surface area contributed by atoms with Crippen molar-refractivity contribution in [2.75, 3.05) is 6.54 Å². The number of rotatable bonds is 4. The minimum Gasteiger partial charge on any atom is -0.480 e. The Morgan fingerprint density at radius 1 is 1.23 bits per heavy atom. The maximum absolute atomic E-state index is 13.6. The lowest BCUT2D eigenvalue weighted by atomic mass is 10.1. The number of aliphatic carboxylic acids is 1. The molecule has 2 rings (SSSR count). The Morgan fingerprint density at radius 3 is 2.36 bits per heavy atom. The van der Waals surface area contributed by atoms with Crippen molar-refractivity contribution in [1.82, 2.24) is 4.31 Å². The van der Waals surface area contributed by atoms with Gasteiger partial charge < -0.3 is 5.11 Å². The summed E-state index contributed by atoms with van der Waals surface area (Å²) in [7, 11) is -4.24. The van der Waals surface area contributed by atoms with Crippen molar-refractivity contribution in [1.29, 1.82) is 0 Å². The van der Waals surface area contributed by atoms with Crippen molar-refractivity contribution < 1.29 is 31.5 Å². The number of sulfonamides is 1. The second-order valence-electron chi connectivity index (χ2n) is 5.06. The van der Waals surface area contributed by atoms with E-state index < -0.39 is 50.8 Å². The SMILES string of the molecule is O=C(O)[C@@H]1CCCCN1S(=O)(=O)Cc1c(F)cc(F)cc1F. The zero-order valence-corrected chi connectivity index (χ0v) is 12.2. The van der Waals surface area contributed by atoms with Crippen LogP contribution in [0, 0.1) is 17.5 Å². The Kier molecular flexibility index (Phi) is 4.76. The lowest BCUT2D eigenvalue weighted by Crippen LogP contribution is -2.48. The van der Waals surface area contributed by atoms with Gasteiger partial charge in [-0.3, -0.25) is 4.79 Å². The number of hydrogen-bond acceptors (Lipinski definition) is 3. The van der Waals surface area contributed by atoms with Crippen LogP contribution in [0.15, 0.2) is 12.1 Å². The summed E-state index contributed by atoms with van der Waals surface area (Å²) in [5.41, 5.74) is -0.795. The first-order valence-corrected chi connectivity index (χ1v) is 8.19. The average Bonchev–Trinajstić information content (AvgIpc) is 2.43. The van der Waals surface area contributed by atoms with E-state index in [1.54, 1.807) is 0 Å². The summed E-state index contributed by atoms with van der Waals surface area (Å²) in [6.07, 6.45) is 1.17. The monoisotopic (exact) mass is 337 g/mol. The number of carboxylic acids is 1. The normalized spacial score (nSPS) is 20.0. The molecule has 22 heavy (non-hydrogen) atoms. The van der Waals surface area contributed by atoms with Gasteiger partial charge in [0.1, 0.15) is 23.5 Å². The summed E-state index contributed by atoms with van der Waals surface area (Å²) in [6.45, 7) is -0.0241. The van der Waals surface area contributed by atoms with E-state index in [1.807, 2.05) is 0 Å². The fraction of sp³-hybridized carbons (Fsp3) is 0.462. The van der Waals surface area contributed by atoms with E-state index >= 15 is 0 Å². The fourth-order valence-corrected chi connectivity index (χ4v) is 4.26. The van der Waals surface area contributed by atoms with Crippen LogP contribution >= 0.6 is 0 Å². The van der Waals surface area contributed by atoms with Gasteiger partial charge in [-0.15, -0.1) is 0 Å². The molecular formula is C13H14F3NO4S. The predicted octanol–water partition coefficient (Wildman–Crippen LogP) is 1.87. The fourth-order valence-electron chi connectivity index (χ4n) is 2.46. The molecule has 9 heteroatoms. The summed E-state index contributed by atoms with van der Waals surface area (Å²) < 4.78 is 65.4. The van der Waals surface area contributed by atoms with Gasteiger partial charge in [-0.2, -0.15) is 4.31 Å². The Labute approximate surface area is 125 Å². The van der Waals surface area contributed by atoms with Crippen LogP contribution in [0.25, 0.3) is 0 Å².